The first-order chi connectivity index (χ1) is 8.92. The molecule has 4 N–H and O–H groups in total. The number of hydrogen-bond acceptors (Lipinski definition) is 4. The molecule has 0 saturated heterocycles. The highest BCUT2D eigenvalue weighted by Crippen LogP contribution is 2.26. The van der Waals surface area contributed by atoms with Gasteiger partial charge in [-0.1, -0.05) is 12.5 Å². The molecule has 5 nitrogen and oxygen atoms in total. The predicted molar refractivity (Wildman–Crippen MR) is 74.1 cm³/mol. The predicted octanol–water partition coefficient (Wildman–Crippen LogP) is 1.02. The molecule has 1 aromatic carbocycles. The zero-order valence-electron chi connectivity index (χ0n) is 11.0. The van der Waals surface area contributed by atoms with Crippen molar-refractivity contribution in [1.82, 2.24) is 4.72 Å². The molecule has 0 aromatic heterocycles. The van der Waals surface area contributed by atoms with E-state index in [0.717, 1.165) is 19.3 Å². The third-order valence-corrected chi connectivity index (χ3v) is 5.34. The molecule has 1 aliphatic carbocycles. The first kappa shape index (κ1) is 14.3. The molecule has 6 heteroatoms. The van der Waals surface area contributed by atoms with Gasteiger partial charge in [0.1, 0.15) is 0 Å². The van der Waals surface area contributed by atoms with Crippen molar-refractivity contribution in [3.63, 3.8) is 0 Å². The van der Waals surface area contributed by atoms with Gasteiger partial charge in [-0.25, -0.2) is 13.1 Å². The van der Waals surface area contributed by atoms with Crippen LogP contribution in [0.4, 0.5) is 5.69 Å². The van der Waals surface area contributed by atoms with E-state index in [0.29, 0.717) is 11.3 Å². The van der Waals surface area contributed by atoms with Gasteiger partial charge in [-0.2, -0.15) is 0 Å². The number of nitrogens with one attached hydrogen (secondary N) is 1. The van der Waals surface area contributed by atoms with Gasteiger partial charge in [0.05, 0.1) is 11.0 Å². The molecule has 2 rings (SSSR count). The molecule has 1 aliphatic rings. The van der Waals surface area contributed by atoms with E-state index in [2.05, 4.69) is 4.72 Å². The lowest BCUT2D eigenvalue weighted by Crippen LogP contribution is -2.32. The Morgan fingerprint density at radius 3 is 2.79 bits per heavy atom. The molecule has 19 heavy (non-hydrogen) atoms. The smallest absolute Gasteiger partial charge is 0.240 e. The average Bonchev–Trinajstić information content (AvgIpc) is 2.76. The maximum absolute atomic E-state index is 12.2. The number of nitrogens with two attached hydrogens (primary N) is 1. The minimum atomic E-state index is -3.57. The van der Waals surface area contributed by atoms with Crippen molar-refractivity contribution in [2.75, 3.05) is 12.3 Å². The van der Waals surface area contributed by atoms with Crippen LogP contribution in [0.2, 0.25) is 0 Å². The molecule has 0 aliphatic heterocycles. The van der Waals surface area contributed by atoms with E-state index >= 15 is 0 Å². The number of sulfonamides is 1. The summed E-state index contributed by atoms with van der Waals surface area (Å²) in [4.78, 5) is 0.208. The average molecular weight is 284 g/mol. The van der Waals surface area contributed by atoms with Crippen molar-refractivity contribution >= 4 is 15.7 Å². The summed E-state index contributed by atoms with van der Waals surface area (Å²) in [5, 5.41) is 9.70. The summed E-state index contributed by atoms with van der Waals surface area (Å²) in [6.07, 6.45) is 2.17. The number of aliphatic hydroxyl groups is 1. The molecule has 1 fully saturated rings. The fraction of sp³-hybridized carbons (Fsp3) is 0.538. The van der Waals surface area contributed by atoms with Gasteiger partial charge in [0.2, 0.25) is 10.0 Å². The normalized spacial score (nSPS) is 23.7. The topological polar surface area (TPSA) is 92.4 Å². The molecule has 106 valence electrons. The second-order valence-electron chi connectivity index (χ2n) is 5.08. The van der Waals surface area contributed by atoms with Crippen LogP contribution in [0.25, 0.3) is 0 Å². The lowest BCUT2D eigenvalue weighted by atomic mass is 10.1. The summed E-state index contributed by atoms with van der Waals surface area (Å²) in [6, 6.07) is 4.84. The summed E-state index contributed by atoms with van der Waals surface area (Å²) in [6.45, 7) is 1.96. The maximum Gasteiger partial charge on any atom is 0.240 e. The third kappa shape index (κ3) is 3.08. The number of hydrogen-bond donors (Lipinski definition) is 3. The summed E-state index contributed by atoms with van der Waals surface area (Å²) < 4.78 is 27.0. The molecule has 2 atom stereocenters. The van der Waals surface area contributed by atoms with Crippen LogP contribution in [-0.4, -0.2) is 26.2 Å². The monoisotopic (exact) mass is 284 g/mol. The molecule has 1 aromatic rings. The number of anilines is 1. The van der Waals surface area contributed by atoms with Crippen molar-refractivity contribution < 1.29 is 13.5 Å². The van der Waals surface area contributed by atoms with E-state index in [1.807, 2.05) is 0 Å². The van der Waals surface area contributed by atoms with Gasteiger partial charge >= 0.3 is 0 Å². The van der Waals surface area contributed by atoms with Crippen LogP contribution in [0.15, 0.2) is 23.1 Å². The van der Waals surface area contributed by atoms with Crippen LogP contribution in [0.5, 0.6) is 0 Å². The molecule has 0 heterocycles. The lowest BCUT2D eigenvalue weighted by Gasteiger charge is -2.16. The van der Waals surface area contributed by atoms with Crippen molar-refractivity contribution in [1.29, 1.82) is 0 Å². The summed E-state index contributed by atoms with van der Waals surface area (Å²) >= 11 is 0. The Kier molecular flexibility index (Phi) is 4.13. The molecule has 0 amide bonds. The van der Waals surface area contributed by atoms with Crippen molar-refractivity contribution in [3.8, 4) is 0 Å². The van der Waals surface area contributed by atoms with Crippen LogP contribution < -0.4 is 10.5 Å². The van der Waals surface area contributed by atoms with E-state index in [1.165, 1.54) is 0 Å². The summed E-state index contributed by atoms with van der Waals surface area (Å²) in [5.41, 5.74) is 6.74. The Bertz CT molecular complexity index is 557. The number of aliphatic hydroxyl groups excluding tert-OH is 1. The van der Waals surface area contributed by atoms with Gasteiger partial charge in [-0.15, -0.1) is 0 Å². The highest BCUT2D eigenvalue weighted by Gasteiger charge is 2.27. The number of nitrogen functional groups attached to an aromatic ring is 1. The van der Waals surface area contributed by atoms with Gasteiger partial charge < -0.3 is 10.8 Å². The van der Waals surface area contributed by atoms with Crippen LogP contribution in [-0.2, 0) is 10.0 Å². The van der Waals surface area contributed by atoms with Gasteiger partial charge in [-0.3, -0.25) is 0 Å². The van der Waals surface area contributed by atoms with Gasteiger partial charge in [0.15, 0.2) is 0 Å². The molecular weight excluding hydrogens is 264 g/mol. The highest BCUT2D eigenvalue weighted by atomic mass is 32.2. The highest BCUT2D eigenvalue weighted by molar-refractivity contribution is 7.89. The van der Waals surface area contributed by atoms with Crippen molar-refractivity contribution in [2.45, 2.75) is 37.2 Å². The standard InChI is InChI=1S/C13H20N2O3S/c1-9-11(14)5-3-7-13(9)19(17,18)15-8-10-4-2-6-12(10)16/h3,5,7,10,12,15-16H,2,4,6,8,14H2,1H3. The Labute approximate surface area is 113 Å². The van der Waals surface area contributed by atoms with Crippen molar-refractivity contribution in [2.24, 2.45) is 5.92 Å². The Hall–Kier alpha value is -1.11. The minimum absolute atomic E-state index is 0.0103. The molecule has 0 bridgehead atoms. The summed E-state index contributed by atoms with van der Waals surface area (Å²) in [5.74, 6) is 0.0103. The van der Waals surface area contributed by atoms with E-state index < -0.39 is 16.1 Å². The second-order valence-corrected chi connectivity index (χ2v) is 6.82. The summed E-state index contributed by atoms with van der Waals surface area (Å²) in [7, 11) is -3.57. The third-order valence-electron chi connectivity index (χ3n) is 3.77. The fourth-order valence-electron chi connectivity index (χ4n) is 2.47. The van der Waals surface area contributed by atoms with E-state index in [4.69, 9.17) is 5.73 Å². The number of benzene rings is 1. The van der Waals surface area contributed by atoms with E-state index in [-0.39, 0.29) is 17.4 Å². The van der Waals surface area contributed by atoms with Gasteiger partial charge in [0.25, 0.3) is 0 Å². The zero-order chi connectivity index (χ0) is 14.0. The van der Waals surface area contributed by atoms with Gasteiger partial charge in [0, 0.05) is 12.2 Å². The largest absolute Gasteiger partial charge is 0.398 e. The first-order valence-corrected chi connectivity index (χ1v) is 7.93. The SMILES string of the molecule is Cc1c(N)cccc1S(=O)(=O)NCC1CCCC1O. The maximum atomic E-state index is 12.2. The fourth-order valence-corrected chi connectivity index (χ4v) is 3.84. The Morgan fingerprint density at radius 1 is 1.42 bits per heavy atom. The van der Waals surface area contributed by atoms with Crippen molar-refractivity contribution in [3.05, 3.63) is 23.8 Å². The van der Waals surface area contributed by atoms with Crippen LogP contribution in [0.3, 0.4) is 0 Å². The van der Waals surface area contributed by atoms with Crippen LogP contribution in [0.1, 0.15) is 24.8 Å². The van der Waals surface area contributed by atoms with Gasteiger partial charge in [-0.05, 0) is 43.4 Å². The lowest BCUT2D eigenvalue weighted by molar-refractivity contribution is 0.134. The Balaban J connectivity index is 2.12. The Morgan fingerprint density at radius 2 is 2.16 bits per heavy atom. The minimum Gasteiger partial charge on any atom is -0.398 e. The molecular formula is C13H20N2O3S. The van der Waals surface area contributed by atoms with E-state index in [9.17, 15) is 13.5 Å². The zero-order valence-corrected chi connectivity index (χ0v) is 11.8. The van der Waals surface area contributed by atoms with Crippen LogP contribution in [0, 0.1) is 12.8 Å². The quantitative estimate of drug-likeness (QED) is 0.720. The van der Waals surface area contributed by atoms with E-state index in [1.54, 1.807) is 25.1 Å². The number of rotatable bonds is 4. The first-order valence-electron chi connectivity index (χ1n) is 6.44. The van der Waals surface area contributed by atoms with Crippen LogP contribution >= 0.6 is 0 Å². The second kappa shape index (κ2) is 5.48. The molecule has 0 spiro atoms. The molecule has 0 radical (unpaired) electrons. The molecule has 1 saturated carbocycles. The molecule has 2 unspecified atom stereocenters.